The van der Waals surface area contributed by atoms with Gasteiger partial charge in [0.1, 0.15) is 5.82 Å². The Labute approximate surface area is 129 Å². The van der Waals surface area contributed by atoms with E-state index in [0.717, 1.165) is 22.5 Å². The summed E-state index contributed by atoms with van der Waals surface area (Å²) in [6.07, 6.45) is 0.637. The molecule has 0 saturated carbocycles. The second-order valence-corrected chi connectivity index (χ2v) is 5.56. The van der Waals surface area contributed by atoms with Crippen molar-refractivity contribution >= 4 is 5.97 Å². The summed E-state index contributed by atoms with van der Waals surface area (Å²) in [5.41, 5.74) is 2.83. The molecule has 0 aliphatic heterocycles. The highest BCUT2D eigenvalue weighted by atomic mass is 16.5. The monoisotopic (exact) mass is 303 g/mol. The Morgan fingerprint density at radius 1 is 1.41 bits per heavy atom. The van der Waals surface area contributed by atoms with E-state index in [1.807, 2.05) is 6.07 Å². The Morgan fingerprint density at radius 3 is 2.73 bits per heavy atom. The van der Waals surface area contributed by atoms with Crippen LogP contribution in [0.3, 0.4) is 0 Å². The van der Waals surface area contributed by atoms with E-state index >= 15 is 0 Å². The Hall–Kier alpha value is -2.21. The van der Waals surface area contributed by atoms with Gasteiger partial charge in [-0.1, -0.05) is 19.9 Å². The van der Waals surface area contributed by atoms with Crippen LogP contribution in [0.4, 0.5) is 0 Å². The minimum atomic E-state index is -0.941. The van der Waals surface area contributed by atoms with Gasteiger partial charge >= 0.3 is 5.97 Å². The maximum absolute atomic E-state index is 11.4. The molecule has 0 amide bonds. The van der Waals surface area contributed by atoms with Crippen molar-refractivity contribution in [3.8, 4) is 11.4 Å². The number of nitrogens with one attached hydrogen (secondary N) is 1. The highest BCUT2D eigenvalue weighted by Gasteiger charge is 2.18. The molecule has 6 nitrogen and oxygen atoms in total. The lowest BCUT2D eigenvalue weighted by Gasteiger charge is -2.13. The Balaban J connectivity index is 2.49. The number of aromatic carboxylic acids is 1. The van der Waals surface area contributed by atoms with E-state index in [2.05, 4.69) is 29.0 Å². The summed E-state index contributed by atoms with van der Waals surface area (Å²) in [4.78, 5) is 15.8. The van der Waals surface area contributed by atoms with E-state index in [0.29, 0.717) is 18.9 Å². The number of carboxylic acids is 1. The summed E-state index contributed by atoms with van der Waals surface area (Å²) < 4.78 is 5.02. The summed E-state index contributed by atoms with van der Waals surface area (Å²) in [6.45, 7) is 6.50. The van der Waals surface area contributed by atoms with Crippen LogP contribution in [-0.2, 0) is 11.2 Å². The summed E-state index contributed by atoms with van der Waals surface area (Å²) in [7, 11) is 1.63. The topological polar surface area (TPSA) is 88.1 Å². The standard InChI is InChI=1S/C16H21N3O3/c1-9(2)11-7-10(3)12(16(20)21)8-13(11)15-17-14(18-19-15)5-6-22-4/h7-9H,5-6H2,1-4H3,(H,20,21)(H,17,18,19). The Kier molecular flexibility index (Phi) is 4.92. The van der Waals surface area contributed by atoms with E-state index in [1.165, 1.54) is 0 Å². The number of ether oxygens (including phenoxy) is 1. The van der Waals surface area contributed by atoms with Gasteiger partial charge in [-0.05, 0) is 30.0 Å². The highest BCUT2D eigenvalue weighted by Crippen LogP contribution is 2.30. The van der Waals surface area contributed by atoms with Crippen molar-refractivity contribution in [2.75, 3.05) is 13.7 Å². The van der Waals surface area contributed by atoms with E-state index in [1.54, 1.807) is 20.1 Å². The van der Waals surface area contributed by atoms with Crippen LogP contribution in [0.5, 0.6) is 0 Å². The van der Waals surface area contributed by atoms with E-state index in [4.69, 9.17) is 4.74 Å². The van der Waals surface area contributed by atoms with Gasteiger partial charge in [-0.15, -0.1) is 0 Å². The molecule has 6 heteroatoms. The van der Waals surface area contributed by atoms with Crippen LogP contribution in [0.1, 0.15) is 47.1 Å². The average molecular weight is 303 g/mol. The summed E-state index contributed by atoms with van der Waals surface area (Å²) in [5.74, 6) is 0.558. The first-order chi connectivity index (χ1) is 10.4. The minimum Gasteiger partial charge on any atom is -0.478 e. The van der Waals surface area contributed by atoms with Crippen molar-refractivity contribution in [3.63, 3.8) is 0 Å². The first-order valence-corrected chi connectivity index (χ1v) is 7.22. The number of hydrogen-bond donors (Lipinski definition) is 2. The molecule has 118 valence electrons. The van der Waals surface area contributed by atoms with Crippen molar-refractivity contribution in [2.24, 2.45) is 0 Å². The van der Waals surface area contributed by atoms with Gasteiger partial charge in [0.2, 0.25) is 0 Å². The molecule has 0 aliphatic rings. The van der Waals surface area contributed by atoms with Crippen LogP contribution in [0, 0.1) is 6.92 Å². The molecule has 0 aliphatic carbocycles. The van der Waals surface area contributed by atoms with Gasteiger partial charge in [-0.2, -0.15) is 5.10 Å². The third-order valence-corrected chi connectivity index (χ3v) is 3.56. The fourth-order valence-corrected chi connectivity index (χ4v) is 2.36. The molecule has 1 heterocycles. The van der Waals surface area contributed by atoms with E-state index < -0.39 is 5.97 Å². The van der Waals surface area contributed by atoms with Crippen molar-refractivity contribution in [1.82, 2.24) is 15.2 Å². The molecule has 2 rings (SSSR count). The Morgan fingerprint density at radius 2 is 2.14 bits per heavy atom. The molecular formula is C16H21N3O3. The molecule has 0 fully saturated rings. The lowest BCUT2D eigenvalue weighted by molar-refractivity contribution is 0.0696. The zero-order valence-corrected chi connectivity index (χ0v) is 13.3. The SMILES string of the molecule is COCCc1nc(-c2cc(C(=O)O)c(C)cc2C(C)C)n[nH]1. The summed E-state index contributed by atoms with van der Waals surface area (Å²) >= 11 is 0. The van der Waals surface area contributed by atoms with Crippen LogP contribution in [-0.4, -0.2) is 40.0 Å². The van der Waals surface area contributed by atoms with Crippen molar-refractivity contribution in [3.05, 3.63) is 34.6 Å². The van der Waals surface area contributed by atoms with Gasteiger partial charge in [0.25, 0.3) is 0 Å². The van der Waals surface area contributed by atoms with Crippen molar-refractivity contribution in [1.29, 1.82) is 0 Å². The van der Waals surface area contributed by atoms with E-state index in [9.17, 15) is 9.90 Å². The van der Waals surface area contributed by atoms with Gasteiger partial charge in [-0.3, -0.25) is 5.10 Å². The average Bonchev–Trinajstić information content (AvgIpc) is 2.93. The fourth-order valence-electron chi connectivity index (χ4n) is 2.36. The molecule has 2 aromatic rings. The molecule has 0 unspecified atom stereocenters. The van der Waals surface area contributed by atoms with Gasteiger partial charge in [0.15, 0.2) is 5.82 Å². The van der Waals surface area contributed by atoms with Crippen LogP contribution in [0.15, 0.2) is 12.1 Å². The van der Waals surface area contributed by atoms with Crippen LogP contribution in [0.2, 0.25) is 0 Å². The highest BCUT2D eigenvalue weighted by molar-refractivity contribution is 5.91. The molecule has 22 heavy (non-hydrogen) atoms. The van der Waals surface area contributed by atoms with Crippen LogP contribution < -0.4 is 0 Å². The smallest absolute Gasteiger partial charge is 0.335 e. The van der Waals surface area contributed by atoms with E-state index in [-0.39, 0.29) is 11.5 Å². The number of aryl methyl sites for hydroxylation is 1. The molecule has 1 aromatic carbocycles. The number of H-pyrrole nitrogens is 1. The number of carboxylic acid groups (broad SMARTS) is 1. The summed E-state index contributed by atoms with van der Waals surface area (Å²) in [5, 5.41) is 16.4. The first-order valence-electron chi connectivity index (χ1n) is 7.22. The Bertz CT molecular complexity index is 677. The summed E-state index contributed by atoms with van der Waals surface area (Å²) in [6, 6.07) is 3.57. The maximum Gasteiger partial charge on any atom is 0.335 e. The van der Waals surface area contributed by atoms with Gasteiger partial charge in [0, 0.05) is 19.1 Å². The molecule has 0 spiro atoms. The zero-order valence-electron chi connectivity index (χ0n) is 13.3. The van der Waals surface area contributed by atoms with Gasteiger partial charge in [-0.25, -0.2) is 9.78 Å². The molecule has 2 N–H and O–H groups in total. The molecule has 1 aromatic heterocycles. The number of carbonyl (C=O) groups is 1. The number of benzene rings is 1. The number of methoxy groups -OCH3 is 1. The maximum atomic E-state index is 11.4. The first kappa shape index (κ1) is 16.2. The lowest BCUT2D eigenvalue weighted by Crippen LogP contribution is -2.04. The number of aromatic nitrogens is 3. The minimum absolute atomic E-state index is 0.248. The predicted octanol–water partition coefficient (Wildman–Crippen LogP) is 2.79. The molecule has 0 atom stereocenters. The zero-order chi connectivity index (χ0) is 16.3. The lowest BCUT2D eigenvalue weighted by atomic mass is 9.92. The third kappa shape index (κ3) is 3.33. The predicted molar refractivity (Wildman–Crippen MR) is 83.2 cm³/mol. The fraction of sp³-hybridized carbons (Fsp3) is 0.438. The number of nitrogens with zero attached hydrogens (tertiary/aromatic N) is 2. The normalized spacial score (nSPS) is 11.1. The molecule has 0 radical (unpaired) electrons. The van der Waals surface area contributed by atoms with Crippen molar-refractivity contribution in [2.45, 2.75) is 33.1 Å². The van der Waals surface area contributed by atoms with Crippen LogP contribution in [0.25, 0.3) is 11.4 Å². The molecule has 0 bridgehead atoms. The second kappa shape index (κ2) is 6.70. The largest absolute Gasteiger partial charge is 0.478 e. The number of hydrogen-bond acceptors (Lipinski definition) is 4. The number of aromatic amines is 1. The van der Waals surface area contributed by atoms with Gasteiger partial charge < -0.3 is 9.84 Å². The van der Waals surface area contributed by atoms with Gasteiger partial charge in [0.05, 0.1) is 12.2 Å². The molecular weight excluding hydrogens is 282 g/mol. The quantitative estimate of drug-likeness (QED) is 0.856. The second-order valence-electron chi connectivity index (χ2n) is 5.56. The van der Waals surface area contributed by atoms with Crippen molar-refractivity contribution < 1.29 is 14.6 Å². The van der Waals surface area contributed by atoms with Crippen LogP contribution >= 0.6 is 0 Å². The third-order valence-electron chi connectivity index (χ3n) is 3.56. The number of rotatable bonds is 6. The molecule has 0 saturated heterocycles.